The molecule has 0 spiro atoms. The van der Waals surface area contributed by atoms with Gasteiger partial charge in [0.25, 0.3) is 5.91 Å². The molecular weight excluding hydrogens is 242 g/mol. The van der Waals surface area contributed by atoms with E-state index in [-0.39, 0.29) is 17.7 Å². The fraction of sp³-hybridized carbons (Fsp3) is 0.533. The van der Waals surface area contributed by atoms with Crippen molar-refractivity contribution in [3.63, 3.8) is 0 Å². The van der Waals surface area contributed by atoms with Gasteiger partial charge >= 0.3 is 0 Å². The Morgan fingerprint density at radius 3 is 2.74 bits per heavy atom. The highest BCUT2D eigenvalue weighted by Crippen LogP contribution is 2.20. The van der Waals surface area contributed by atoms with E-state index in [0.717, 1.165) is 31.6 Å². The summed E-state index contributed by atoms with van der Waals surface area (Å²) in [4.78, 5) is 12.2. The molecule has 1 unspecified atom stereocenters. The molecular formula is C15H21NO3. The highest BCUT2D eigenvalue weighted by molar-refractivity contribution is 5.95. The molecule has 1 fully saturated rings. The molecule has 0 radical (unpaired) electrons. The summed E-state index contributed by atoms with van der Waals surface area (Å²) in [5.74, 6) is 0.596. The first kappa shape index (κ1) is 13.9. The van der Waals surface area contributed by atoms with Crippen molar-refractivity contribution in [3.05, 3.63) is 29.3 Å². The highest BCUT2D eigenvalue weighted by Gasteiger charge is 2.22. The average Bonchev–Trinajstić information content (AvgIpc) is 2.39. The number of hydrogen-bond acceptors (Lipinski definition) is 3. The van der Waals surface area contributed by atoms with Gasteiger partial charge in [0.05, 0.1) is 0 Å². The first-order valence-corrected chi connectivity index (χ1v) is 6.76. The summed E-state index contributed by atoms with van der Waals surface area (Å²) in [7, 11) is 0. The van der Waals surface area contributed by atoms with Gasteiger partial charge in [-0.2, -0.15) is 0 Å². The summed E-state index contributed by atoms with van der Waals surface area (Å²) < 4.78 is 5.33. The molecule has 1 aliphatic heterocycles. The molecule has 1 aromatic carbocycles. The molecule has 1 saturated heterocycles. The molecule has 1 aromatic rings. The SMILES string of the molecule is Cc1cc(O)ccc1C(=O)NC(C)C1CCOCC1. The van der Waals surface area contributed by atoms with Crippen LogP contribution < -0.4 is 5.32 Å². The minimum absolute atomic E-state index is 0.0727. The lowest BCUT2D eigenvalue weighted by atomic mass is 9.92. The van der Waals surface area contributed by atoms with Gasteiger partial charge in [-0.15, -0.1) is 0 Å². The van der Waals surface area contributed by atoms with Gasteiger partial charge in [0.1, 0.15) is 5.75 Å². The number of amides is 1. The number of benzene rings is 1. The summed E-state index contributed by atoms with van der Waals surface area (Å²) >= 11 is 0. The molecule has 0 saturated carbocycles. The minimum atomic E-state index is -0.0727. The number of nitrogens with one attached hydrogen (secondary N) is 1. The third kappa shape index (κ3) is 3.47. The largest absolute Gasteiger partial charge is 0.508 e. The van der Waals surface area contributed by atoms with E-state index in [2.05, 4.69) is 5.32 Å². The van der Waals surface area contributed by atoms with Crippen LogP contribution >= 0.6 is 0 Å². The molecule has 0 aliphatic carbocycles. The number of aromatic hydroxyl groups is 1. The zero-order valence-electron chi connectivity index (χ0n) is 11.5. The van der Waals surface area contributed by atoms with E-state index in [9.17, 15) is 9.90 Å². The van der Waals surface area contributed by atoms with Crippen LogP contribution in [0, 0.1) is 12.8 Å². The van der Waals surface area contributed by atoms with Crippen molar-refractivity contribution in [1.29, 1.82) is 0 Å². The summed E-state index contributed by atoms with van der Waals surface area (Å²) in [5.41, 5.74) is 1.41. The van der Waals surface area contributed by atoms with Gasteiger partial charge in [-0.1, -0.05) is 0 Å². The fourth-order valence-electron chi connectivity index (χ4n) is 2.52. The summed E-state index contributed by atoms with van der Waals surface area (Å²) in [6.07, 6.45) is 1.99. The van der Waals surface area contributed by atoms with Crippen LogP contribution in [-0.4, -0.2) is 30.3 Å². The van der Waals surface area contributed by atoms with Crippen LogP contribution in [0.3, 0.4) is 0 Å². The molecule has 0 bridgehead atoms. The van der Waals surface area contributed by atoms with Gasteiger partial charge in [0.2, 0.25) is 0 Å². The standard InChI is InChI=1S/C15H21NO3/c1-10-9-13(17)3-4-14(10)15(18)16-11(2)12-5-7-19-8-6-12/h3-4,9,11-12,17H,5-8H2,1-2H3,(H,16,18). The van der Waals surface area contributed by atoms with E-state index in [1.807, 2.05) is 13.8 Å². The van der Waals surface area contributed by atoms with Gasteiger partial charge in [0, 0.05) is 24.8 Å². The van der Waals surface area contributed by atoms with E-state index in [0.29, 0.717) is 11.5 Å². The zero-order valence-corrected chi connectivity index (χ0v) is 11.5. The molecule has 4 heteroatoms. The second-order valence-electron chi connectivity index (χ2n) is 5.21. The third-order valence-corrected chi connectivity index (χ3v) is 3.79. The first-order valence-electron chi connectivity index (χ1n) is 6.76. The minimum Gasteiger partial charge on any atom is -0.508 e. The fourth-order valence-corrected chi connectivity index (χ4v) is 2.52. The number of ether oxygens (including phenoxy) is 1. The summed E-state index contributed by atoms with van der Waals surface area (Å²) in [6.45, 7) is 5.43. The van der Waals surface area contributed by atoms with Crippen LogP contribution in [0.25, 0.3) is 0 Å². The second-order valence-corrected chi connectivity index (χ2v) is 5.21. The molecule has 1 atom stereocenters. The van der Waals surface area contributed by atoms with Crippen molar-refractivity contribution in [3.8, 4) is 5.75 Å². The lowest BCUT2D eigenvalue weighted by molar-refractivity contribution is 0.0538. The number of aryl methyl sites for hydroxylation is 1. The number of phenolic OH excluding ortho intramolecular Hbond substituents is 1. The van der Waals surface area contributed by atoms with E-state index < -0.39 is 0 Å². The maximum atomic E-state index is 12.2. The first-order chi connectivity index (χ1) is 9.08. The number of carbonyl (C=O) groups is 1. The van der Waals surface area contributed by atoms with Crippen LogP contribution in [-0.2, 0) is 4.74 Å². The molecule has 1 heterocycles. The van der Waals surface area contributed by atoms with Crippen LogP contribution in [0.1, 0.15) is 35.7 Å². The van der Waals surface area contributed by atoms with Crippen LogP contribution in [0.5, 0.6) is 5.75 Å². The number of hydrogen-bond donors (Lipinski definition) is 2. The average molecular weight is 263 g/mol. The Morgan fingerprint density at radius 1 is 1.42 bits per heavy atom. The van der Waals surface area contributed by atoms with Crippen LogP contribution in [0.2, 0.25) is 0 Å². The van der Waals surface area contributed by atoms with Crippen LogP contribution in [0.15, 0.2) is 18.2 Å². The lowest BCUT2D eigenvalue weighted by Gasteiger charge is -2.28. The number of rotatable bonds is 3. The predicted octanol–water partition coefficient (Wildman–Crippen LogP) is 2.25. The maximum Gasteiger partial charge on any atom is 0.251 e. The monoisotopic (exact) mass is 263 g/mol. The Kier molecular flexibility index (Phi) is 4.43. The molecule has 104 valence electrons. The molecule has 1 amide bonds. The number of carbonyl (C=O) groups excluding carboxylic acids is 1. The zero-order chi connectivity index (χ0) is 13.8. The molecule has 4 nitrogen and oxygen atoms in total. The molecule has 1 aliphatic rings. The Balaban J connectivity index is 1.99. The van der Waals surface area contributed by atoms with Gasteiger partial charge < -0.3 is 15.2 Å². The van der Waals surface area contributed by atoms with E-state index in [1.54, 1.807) is 18.2 Å². The van der Waals surface area contributed by atoms with Gasteiger partial charge in [0.15, 0.2) is 0 Å². The van der Waals surface area contributed by atoms with Crippen molar-refractivity contribution in [2.75, 3.05) is 13.2 Å². The smallest absolute Gasteiger partial charge is 0.251 e. The van der Waals surface area contributed by atoms with E-state index in [4.69, 9.17) is 4.74 Å². The highest BCUT2D eigenvalue weighted by atomic mass is 16.5. The third-order valence-electron chi connectivity index (χ3n) is 3.79. The Labute approximate surface area is 113 Å². The maximum absolute atomic E-state index is 12.2. The molecule has 19 heavy (non-hydrogen) atoms. The second kappa shape index (κ2) is 6.06. The molecule has 2 N–H and O–H groups in total. The van der Waals surface area contributed by atoms with Crippen molar-refractivity contribution in [2.24, 2.45) is 5.92 Å². The quantitative estimate of drug-likeness (QED) is 0.879. The normalized spacial score (nSPS) is 18.0. The Morgan fingerprint density at radius 2 is 2.11 bits per heavy atom. The van der Waals surface area contributed by atoms with Crippen molar-refractivity contribution in [1.82, 2.24) is 5.32 Å². The summed E-state index contributed by atoms with van der Waals surface area (Å²) in [5, 5.41) is 12.4. The molecule has 2 rings (SSSR count). The van der Waals surface area contributed by atoms with Crippen molar-refractivity contribution in [2.45, 2.75) is 32.7 Å². The van der Waals surface area contributed by atoms with Crippen LogP contribution in [0.4, 0.5) is 0 Å². The Hall–Kier alpha value is -1.55. The van der Waals surface area contributed by atoms with Gasteiger partial charge in [-0.05, 0) is 56.4 Å². The van der Waals surface area contributed by atoms with E-state index >= 15 is 0 Å². The molecule has 0 aromatic heterocycles. The topological polar surface area (TPSA) is 58.6 Å². The Bertz CT molecular complexity index is 453. The summed E-state index contributed by atoms with van der Waals surface area (Å²) in [6, 6.07) is 4.95. The number of phenols is 1. The van der Waals surface area contributed by atoms with Gasteiger partial charge in [-0.25, -0.2) is 0 Å². The predicted molar refractivity (Wildman–Crippen MR) is 73.3 cm³/mol. The lowest BCUT2D eigenvalue weighted by Crippen LogP contribution is -2.40. The van der Waals surface area contributed by atoms with Gasteiger partial charge in [-0.3, -0.25) is 4.79 Å². The van der Waals surface area contributed by atoms with Crippen molar-refractivity contribution >= 4 is 5.91 Å². The van der Waals surface area contributed by atoms with Crippen molar-refractivity contribution < 1.29 is 14.6 Å². The van der Waals surface area contributed by atoms with E-state index in [1.165, 1.54) is 0 Å².